The Labute approximate surface area is 108 Å². The van der Waals surface area contributed by atoms with Gasteiger partial charge in [0.15, 0.2) is 0 Å². The van der Waals surface area contributed by atoms with Crippen molar-refractivity contribution in [3.05, 3.63) is 35.4 Å². The molecule has 2 atom stereocenters. The number of amides is 1. The van der Waals surface area contributed by atoms with Crippen LogP contribution in [0.3, 0.4) is 0 Å². The van der Waals surface area contributed by atoms with E-state index in [0.717, 1.165) is 13.0 Å². The maximum atomic E-state index is 12.3. The van der Waals surface area contributed by atoms with Gasteiger partial charge in [0.2, 0.25) is 5.91 Å². The van der Waals surface area contributed by atoms with Gasteiger partial charge in [0.25, 0.3) is 0 Å². The summed E-state index contributed by atoms with van der Waals surface area (Å²) in [6.07, 6.45) is 0.720. The van der Waals surface area contributed by atoms with Crippen molar-refractivity contribution >= 4 is 5.91 Å². The second kappa shape index (κ2) is 5.50. The standard InChI is InChI=1S/C14H20N2O2/c1-10(9-17)16(2)14(18)13-7-11-5-3-4-6-12(11)8-15-13/h3-6,10,13,15,17H,7-9H2,1-2H3/t10?,13-/m1/s1. The third-order valence-electron chi connectivity index (χ3n) is 3.65. The lowest BCUT2D eigenvalue weighted by Crippen LogP contribution is -2.51. The maximum Gasteiger partial charge on any atom is 0.240 e. The fourth-order valence-corrected chi connectivity index (χ4v) is 2.21. The van der Waals surface area contributed by atoms with E-state index in [2.05, 4.69) is 17.4 Å². The summed E-state index contributed by atoms with van der Waals surface area (Å²) >= 11 is 0. The van der Waals surface area contributed by atoms with Gasteiger partial charge in [-0.15, -0.1) is 0 Å². The molecule has 1 aromatic rings. The highest BCUT2D eigenvalue weighted by Crippen LogP contribution is 2.17. The van der Waals surface area contributed by atoms with Crippen LogP contribution in [0.4, 0.5) is 0 Å². The molecule has 1 amide bonds. The predicted octanol–water partition coefficient (Wildman–Crippen LogP) is 0.540. The molecule has 0 saturated carbocycles. The lowest BCUT2D eigenvalue weighted by molar-refractivity contribution is -0.134. The molecule has 1 aromatic carbocycles. The summed E-state index contributed by atoms with van der Waals surface area (Å²) < 4.78 is 0. The first-order chi connectivity index (χ1) is 8.63. The lowest BCUT2D eigenvalue weighted by atomic mass is 9.95. The van der Waals surface area contributed by atoms with Crippen LogP contribution in [0.25, 0.3) is 0 Å². The molecule has 2 N–H and O–H groups in total. The van der Waals surface area contributed by atoms with Crippen molar-refractivity contribution < 1.29 is 9.90 Å². The Bertz CT molecular complexity index is 434. The van der Waals surface area contributed by atoms with E-state index in [1.54, 1.807) is 11.9 Å². The topological polar surface area (TPSA) is 52.6 Å². The fourth-order valence-electron chi connectivity index (χ4n) is 2.21. The molecule has 0 saturated heterocycles. The van der Waals surface area contributed by atoms with Gasteiger partial charge < -0.3 is 15.3 Å². The van der Waals surface area contributed by atoms with Crippen molar-refractivity contribution in [2.45, 2.75) is 32.0 Å². The molecule has 1 unspecified atom stereocenters. The Morgan fingerprint density at radius 3 is 2.83 bits per heavy atom. The number of hydrogen-bond acceptors (Lipinski definition) is 3. The minimum absolute atomic E-state index is 0.00839. The number of fused-ring (bicyclic) bond motifs is 1. The van der Waals surface area contributed by atoms with Crippen LogP contribution < -0.4 is 5.32 Å². The first-order valence-corrected chi connectivity index (χ1v) is 6.31. The number of rotatable bonds is 3. The van der Waals surface area contributed by atoms with E-state index in [1.807, 2.05) is 19.1 Å². The SMILES string of the molecule is CC(CO)N(C)C(=O)[C@H]1Cc2ccccc2CN1. The number of nitrogens with zero attached hydrogens (tertiary/aromatic N) is 1. The summed E-state index contributed by atoms with van der Waals surface area (Å²) in [5, 5.41) is 12.4. The molecule has 2 rings (SSSR count). The number of aliphatic hydroxyl groups is 1. The summed E-state index contributed by atoms with van der Waals surface area (Å²) in [6.45, 7) is 2.56. The van der Waals surface area contributed by atoms with Crippen LogP contribution in [0, 0.1) is 0 Å². The largest absolute Gasteiger partial charge is 0.394 e. The number of likely N-dealkylation sites (N-methyl/N-ethyl adjacent to an activating group) is 1. The average Bonchev–Trinajstić information content (AvgIpc) is 2.44. The number of carbonyl (C=O) groups is 1. The van der Waals surface area contributed by atoms with E-state index in [-0.39, 0.29) is 24.6 Å². The summed E-state index contributed by atoms with van der Waals surface area (Å²) in [6, 6.07) is 7.86. The monoisotopic (exact) mass is 248 g/mol. The Morgan fingerprint density at radius 2 is 2.17 bits per heavy atom. The smallest absolute Gasteiger partial charge is 0.240 e. The van der Waals surface area contributed by atoms with E-state index in [1.165, 1.54) is 11.1 Å². The Kier molecular flexibility index (Phi) is 3.99. The van der Waals surface area contributed by atoms with E-state index in [4.69, 9.17) is 5.11 Å². The van der Waals surface area contributed by atoms with Crippen LogP contribution in [0.2, 0.25) is 0 Å². The molecular formula is C14H20N2O2. The van der Waals surface area contributed by atoms with Crippen LogP contribution >= 0.6 is 0 Å². The van der Waals surface area contributed by atoms with Crippen molar-refractivity contribution in [2.24, 2.45) is 0 Å². The molecular weight excluding hydrogens is 228 g/mol. The zero-order chi connectivity index (χ0) is 13.1. The van der Waals surface area contributed by atoms with Crippen LogP contribution in [0.1, 0.15) is 18.1 Å². The fraction of sp³-hybridized carbons (Fsp3) is 0.500. The van der Waals surface area contributed by atoms with Crippen molar-refractivity contribution in [2.75, 3.05) is 13.7 Å². The second-order valence-electron chi connectivity index (χ2n) is 4.89. The van der Waals surface area contributed by atoms with E-state index < -0.39 is 0 Å². The second-order valence-corrected chi connectivity index (χ2v) is 4.89. The highest BCUT2D eigenvalue weighted by molar-refractivity contribution is 5.82. The van der Waals surface area contributed by atoms with Crippen LogP contribution in [-0.4, -0.2) is 41.7 Å². The molecule has 0 fully saturated rings. The first-order valence-electron chi connectivity index (χ1n) is 6.31. The molecule has 1 aliphatic heterocycles. The molecule has 0 radical (unpaired) electrons. The lowest BCUT2D eigenvalue weighted by Gasteiger charge is -2.31. The molecule has 1 aliphatic rings. The average molecular weight is 248 g/mol. The van der Waals surface area contributed by atoms with E-state index in [0.29, 0.717) is 0 Å². The summed E-state index contributed by atoms with van der Waals surface area (Å²) in [4.78, 5) is 13.9. The number of nitrogens with one attached hydrogen (secondary N) is 1. The summed E-state index contributed by atoms with van der Waals surface area (Å²) in [5.74, 6) is 0.0473. The molecule has 1 heterocycles. The molecule has 0 aromatic heterocycles. The van der Waals surface area contributed by atoms with Gasteiger partial charge in [-0.1, -0.05) is 24.3 Å². The van der Waals surface area contributed by atoms with Crippen LogP contribution in [-0.2, 0) is 17.8 Å². The molecule has 4 nitrogen and oxygen atoms in total. The summed E-state index contributed by atoms with van der Waals surface area (Å²) in [5.41, 5.74) is 2.50. The Balaban J connectivity index is 2.07. The number of aliphatic hydroxyl groups excluding tert-OH is 1. The highest BCUT2D eigenvalue weighted by atomic mass is 16.3. The minimum atomic E-state index is -0.182. The Morgan fingerprint density at radius 1 is 1.50 bits per heavy atom. The molecule has 0 bridgehead atoms. The van der Waals surface area contributed by atoms with Crippen LogP contribution in [0.5, 0.6) is 0 Å². The zero-order valence-electron chi connectivity index (χ0n) is 10.9. The molecule has 98 valence electrons. The number of hydrogen-bond donors (Lipinski definition) is 2. The minimum Gasteiger partial charge on any atom is -0.394 e. The van der Waals surface area contributed by atoms with Gasteiger partial charge in [0.1, 0.15) is 0 Å². The van der Waals surface area contributed by atoms with Crippen LogP contribution in [0.15, 0.2) is 24.3 Å². The molecule has 0 aliphatic carbocycles. The Hall–Kier alpha value is -1.39. The third-order valence-corrected chi connectivity index (χ3v) is 3.65. The van der Waals surface area contributed by atoms with Gasteiger partial charge in [-0.3, -0.25) is 4.79 Å². The first kappa shape index (κ1) is 13.1. The molecule has 4 heteroatoms. The quantitative estimate of drug-likeness (QED) is 0.821. The van der Waals surface area contributed by atoms with Crippen molar-refractivity contribution in [1.29, 1.82) is 0 Å². The van der Waals surface area contributed by atoms with Crippen molar-refractivity contribution in [3.63, 3.8) is 0 Å². The van der Waals surface area contributed by atoms with Gasteiger partial charge in [-0.2, -0.15) is 0 Å². The zero-order valence-corrected chi connectivity index (χ0v) is 10.9. The summed E-state index contributed by atoms with van der Waals surface area (Å²) in [7, 11) is 1.74. The number of benzene rings is 1. The maximum absolute atomic E-state index is 12.3. The van der Waals surface area contributed by atoms with Crippen molar-refractivity contribution in [1.82, 2.24) is 10.2 Å². The van der Waals surface area contributed by atoms with Crippen molar-refractivity contribution in [3.8, 4) is 0 Å². The molecule has 18 heavy (non-hydrogen) atoms. The predicted molar refractivity (Wildman–Crippen MR) is 70.1 cm³/mol. The normalized spacial score (nSPS) is 20.1. The molecule has 0 spiro atoms. The van der Waals surface area contributed by atoms with Gasteiger partial charge in [0.05, 0.1) is 18.7 Å². The van der Waals surface area contributed by atoms with Gasteiger partial charge >= 0.3 is 0 Å². The number of carbonyl (C=O) groups excluding carboxylic acids is 1. The van der Waals surface area contributed by atoms with Gasteiger partial charge in [-0.25, -0.2) is 0 Å². The van der Waals surface area contributed by atoms with E-state index in [9.17, 15) is 4.79 Å². The third kappa shape index (κ3) is 2.54. The van der Waals surface area contributed by atoms with Gasteiger partial charge in [-0.05, 0) is 24.5 Å². The van der Waals surface area contributed by atoms with Gasteiger partial charge in [0, 0.05) is 13.6 Å². The van der Waals surface area contributed by atoms with E-state index >= 15 is 0 Å². The highest BCUT2D eigenvalue weighted by Gasteiger charge is 2.27.